The number of halogens is 1. The molecule has 3 heterocycles. The van der Waals surface area contributed by atoms with E-state index in [-0.39, 0.29) is 17.7 Å². The van der Waals surface area contributed by atoms with Gasteiger partial charge in [0, 0.05) is 47.9 Å². The summed E-state index contributed by atoms with van der Waals surface area (Å²) in [6.07, 6.45) is 2.15. The van der Waals surface area contributed by atoms with Crippen LogP contribution in [0.4, 0.5) is 5.82 Å². The monoisotopic (exact) mass is 429 g/mol. The van der Waals surface area contributed by atoms with Gasteiger partial charge in [-0.15, -0.1) is 0 Å². The number of fused-ring (bicyclic) bond motifs is 1. The summed E-state index contributed by atoms with van der Waals surface area (Å²) in [7, 11) is 0. The molecule has 2 N–H and O–H groups in total. The first-order valence-electron chi connectivity index (χ1n) is 10.2. The zero-order chi connectivity index (χ0) is 21.4. The standard InChI is InChI=1S/C24H20ClN5O/c25-20-9-5-4-8-17(20)22-18(11-26)23(28-24-19(22)12-27-29-24)16-10-21(31)30(14-16)13-15-6-2-1-3-7-15/h1-9,12,16,22H,10,13-14H2,(H2,27,28,29). The lowest BCUT2D eigenvalue weighted by molar-refractivity contribution is -0.128. The second kappa shape index (κ2) is 7.93. The summed E-state index contributed by atoms with van der Waals surface area (Å²) in [5, 5.41) is 21.3. The molecule has 7 heteroatoms. The summed E-state index contributed by atoms with van der Waals surface area (Å²) < 4.78 is 0. The Morgan fingerprint density at radius 3 is 2.68 bits per heavy atom. The molecule has 0 radical (unpaired) electrons. The Kier molecular flexibility index (Phi) is 4.97. The maximum Gasteiger partial charge on any atom is 0.223 e. The Bertz CT molecular complexity index is 1210. The number of anilines is 1. The second-order valence-electron chi connectivity index (χ2n) is 7.87. The molecule has 0 spiro atoms. The highest BCUT2D eigenvalue weighted by molar-refractivity contribution is 6.31. The van der Waals surface area contributed by atoms with Crippen LogP contribution >= 0.6 is 11.6 Å². The minimum absolute atomic E-state index is 0.0857. The molecule has 3 aromatic rings. The van der Waals surface area contributed by atoms with Gasteiger partial charge in [-0.2, -0.15) is 10.4 Å². The third kappa shape index (κ3) is 3.47. The SMILES string of the molecule is N#CC1=C(C2CC(=O)N(Cc3ccccc3)C2)Nc2n[nH]cc2C1c1ccccc1Cl. The summed E-state index contributed by atoms with van der Waals surface area (Å²) in [6, 6.07) is 19.9. The number of hydrogen-bond acceptors (Lipinski definition) is 4. The zero-order valence-electron chi connectivity index (χ0n) is 16.7. The summed E-state index contributed by atoms with van der Waals surface area (Å²) in [4.78, 5) is 14.6. The first-order valence-corrected chi connectivity index (χ1v) is 10.5. The van der Waals surface area contributed by atoms with Crippen LogP contribution in [0.5, 0.6) is 0 Å². The Morgan fingerprint density at radius 2 is 1.90 bits per heavy atom. The van der Waals surface area contributed by atoms with E-state index in [1.54, 1.807) is 6.20 Å². The Balaban J connectivity index is 1.51. The van der Waals surface area contributed by atoms with Crippen molar-refractivity contribution in [3.8, 4) is 6.07 Å². The summed E-state index contributed by atoms with van der Waals surface area (Å²) in [6.45, 7) is 1.11. The number of nitrogens with one attached hydrogen (secondary N) is 2. The maximum absolute atomic E-state index is 12.8. The fraction of sp³-hybridized carbons (Fsp3) is 0.208. The number of hydrogen-bond donors (Lipinski definition) is 2. The number of allylic oxidation sites excluding steroid dienone is 1. The number of aromatic nitrogens is 2. The zero-order valence-corrected chi connectivity index (χ0v) is 17.4. The highest BCUT2D eigenvalue weighted by atomic mass is 35.5. The number of benzene rings is 2. The lowest BCUT2D eigenvalue weighted by Crippen LogP contribution is -2.27. The van der Waals surface area contributed by atoms with Crippen LogP contribution < -0.4 is 5.32 Å². The van der Waals surface area contributed by atoms with E-state index in [4.69, 9.17) is 11.6 Å². The van der Waals surface area contributed by atoms with Crippen molar-refractivity contribution < 1.29 is 4.79 Å². The van der Waals surface area contributed by atoms with E-state index < -0.39 is 0 Å². The van der Waals surface area contributed by atoms with E-state index in [0.717, 1.165) is 22.4 Å². The van der Waals surface area contributed by atoms with Gasteiger partial charge in [-0.05, 0) is 17.2 Å². The van der Waals surface area contributed by atoms with Crippen molar-refractivity contribution in [2.24, 2.45) is 5.92 Å². The molecule has 2 aliphatic rings. The molecule has 0 bridgehead atoms. The summed E-state index contributed by atoms with van der Waals surface area (Å²) in [5.41, 5.74) is 4.16. The number of nitriles is 1. The minimum Gasteiger partial charge on any atom is -0.341 e. The first-order chi connectivity index (χ1) is 15.2. The van der Waals surface area contributed by atoms with Crippen molar-refractivity contribution in [3.05, 3.63) is 93.8 Å². The van der Waals surface area contributed by atoms with Crippen molar-refractivity contribution in [2.75, 3.05) is 11.9 Å². The molecule has 6 nitrogen and oxygen atoms in total. The average molecular weight is 430 g/mol. The largest absolute Gasteiger partial charge is 0.341 e. The number of amides is 1. The molecule has 0 aliphatic carbocycles. The Hall–Kier alpha value is -3.56. The predicted octanol–water partition coefficient (Wildman–Crippen LogP) is 4.45. The molecule has 1 aromatic heterocycles. The van der Waals surface area contributed by atoms with Crippen molar-refractivity contribution >= 4 is 23.3 Å². The number of H-pyrrole nitrogens is 1. The number of carbonyl (C=O) groups is 1. The highest BCUT2D eigenvalue weighted by Crippen LogP contribution is 2.45. The normalized spacial score (nSPS) is 20.4. The number of rotatable bonds is 4. The van der Waals surface area contributed by atoms with Crippen LogP contribution in [0, 0.1) is 17.2 Å². The molecule has 154 valence electrons. The van der Waals surface area contributed by atoms with Crippen LogP contribution in [0.1, 0.15) is 29.0 Å². The predicted molar refractivity (Wildman–Crippen MR) is 118 cm³/mol. The van der Waals surface area contributed by atoms with Gasteiger partial charge in [0.05, 0.1) is 17.6 Å². The molecule has 0 saturated carbocycles. The molecule has 1 amide bonds. The van der Waals surface area contributed by atoms with Gasteiger partial charge in [-0.25, -0.2) is 0 Å². The molecule has 31 heavy (non-hydrogen) atoms. The van der Waals surface area contributed by atoms with Crippen LogP contribution in [0.3, 0.4) is 0 Å². The Labute approximate surface area is 185 Å². The number of nitrogens with zero attached hydrogens (tertiary/aromatic N) is 3. The molecule has 1 saturated heterocycles. The molecular weight excluding hydrogens is 410 g/mol. The van der Waals surface area contributed by atoms with Crippen LogP contribution in [0.25, 0.3) is 0 Å². The topological polar surface area (TPSA) is 84.8 Å². The van der Waals surface area contributed by atoms with Gasteiger partial charge in [0.25, 0.3) is 0 Å². The molecule has 2 atom stereocenters. The van der Waals surface area contributed by atoms with Gasteiger partial charge in [0.2, 0.25) is 5.91 Å². The second-order valence-corrected chi connectivity index (χ2v) is 8.28. The molecule has 1 fully saturated rings. The van der Waals surface area contributed by atoms with E-state index in [0.29, 0.717) is 35.9 Å². The van der Waals surface area contributed by atoms with Crippen molar-refractivity contribution in [2.45, 2.75) is 18.9 Å². The van der Waals surface area contributed by atoms with Crippen LogP contribution in [-0.2, 0) is 11.3 Å². The molecule has 2 aliphatic heterocycles. The van der Waals surface area contributed by atoms with Crippen molar-refractivity contribution in [1.82, 2.24) is 15.1 Å². The quantitative estimate of drug-likeness (QED) is 0.641. The van der Waals surface area contributed by atoms with Crippen LogP contribution in [0.15, 0.2) is 72.1 Å². The van der Waals surface area contributed by atoms with E-state index in [9.17, 15) is 10.1 Å². The first kappa shape index (κ1) is 19.4. The van der Waals surface area contributed by atoms with Gasteiger partial charge < -0.3 is 10.2 Å². The van der Waals surface area contributed by atoms with Crippen molar-refractivity contribution in [3.63, 3.8) is 0 Å². The number of carbonyl (C=O) groups excluding carboxylic acids is 1. The van der Waals surface area contributed by atoms with Gasteiger partial charge in [0.1, 0.15) is 0 Å². The summed E-state index contributed by atoms with van der Waals surface area (Å²) in [5.74, 6) is 0.318. The average Bonchev–Trinajstić information content (AvgIpc) is 3.40. The minimum atomic E-state index is -0.332. The van der Waals surface area contributed by atoms with Gasteiger partial charge in [-0.1, -0.05) is 60.1 Å². The van der Waals surface area contributed by atoms with Gasteiger partial charge in [-0.3, -0.25) is 9.89 Å². The molecule has 2 unspecified atom stereocenters. The smallest absolute Gasteiger partial charge is 0.223 e. The van der Waals surface area contributed by atoms with Crippen LogP contribution in [0.2, 0.25) is 5.02 Å². The maximum atomic E-state index is 12.8. The fourth-order valence-corrected chi connectivity index (χ4v) is 4.77. The molecule has 5 rings (SSSR count). The van der Waals surface area contributed by atoms with E-state index in [1.807, 2.05) is 59.5 Å². The highest BCUT2D eigenvalue weighted by Gasteiger charge is 2.39. The Morgan fingerprint density at radius 1 is 1.13 bits per heavy atom. The molecule has 2 aromatic carbocycles. The number of likely N-dealkylation sites (tertiary alicyclic amines) is 1. The third-order valence-electron chi connectivity index (χ3n) is 5.99. The number of aromatic amines is 1. The van der Waals surface area contributed by atoms with E-state index >= 15 is 0 Å². The van der Waals surface area contributed by atoms with Gasteiger partial charge in [0.15, 0.2) is 5.82 Å². The van der Waals surface area contributed by atoms with E-state index in [2.05, 4.69) is 21.6 Å². The molecular formula is C24H20ClN5O. The lowest BCUT2D eigenvalue weighted by atomic mass is 9.80. The van der Waals surface area contributed by atoms with Crippen LogP contribution in [-0.4, -0.2) is 27.5 Å². The third-order valence-corrected chi connectivity index (χ3v) is 6.33. The fourth-order valence-electron chi connectivity index (χ4n) is 4.53. The van der Waals surface area contributed by atoms with Gasteiger partial charge >= 0.3 is 0 Å². The lowest BCUT2D eigenvalue weighted by Gasteiger charge is -2.29. The summed E-state index contributed by atoms with van der Waals surface area (Å²) >= 11 is 6.51. The van der Waals surface area contributed by atoms with E-state index in [1.165, 1.54) is 0 Å². The van der Waals surface area contributed by atoms with Crippen molar-refractivity contribution in [1.29, 1.82) is 5.26 Å².